The number of rotatable bonds is 5. The number of benzene rings is 2. The Kier molecular flexibility index (Phi) is 7.00. The minimum absolute atomic E-state index is 0.00240. The third-order valence-electron chi connectivity index (χ3n) is 9.16. The number of hydrogen-bond donors (Lipinski definition) is 0. The maximum Gasteiger partial charge on any atom is 0.426 e. The molecule has 2 aliphatic heterocycles. The van der Waals surface area contributed by atoms with Crippen molar-refractivity contribution in [2.24, 2.45) is 5.92 Å². The van der Waals surface area contributed by atoms with Gasteiger partial charge in [-0.15, -0.1) is 0 Å². The second kappa shape index (κ2) is 9.89. The van der Waals surface area contributed by atoms with Crippen LogP contribution in [0.3, 0.4) is 0 Å². The molecule has 2 saturated heterocycles. The van der Waals surface area contributed by atoms with Gasteiger partial charge in [-0.05, 0) is 79.3 Å². The highest BCUT2D eigenvalue weighted by Crippen LogP contribution is 2.51. The summed E-state index contributed by atoms with van der Waals surface area (Å²) in [6.07, 6.45) is -1.87. The van der Waals surface area contributed by atoms with Crippen LogP contribution in [0.4, 0.5) is 22.0 Å². The van der Waals surface area contributed by atoms with E-state index in [0.717, 1.165) is 17.5 Å². The van der Waals surface area contributed by atoms with Gasteiger partial charge in [-0.1, -0.05) is 30.3 Å². The second-order valence-electron chi connectivity index (χ2n) is 11.5. The molecule has 3 aliphatic rings. The molecule has 4 nitrogen and oxygen atoms in total. The van der Waals surface area contributed by atoms with E-state index in [1.54, 1.807) is 23.1 Å². The van der Waals surface area contributed by atoms with Crippen LogP contribution in [-0.2, 0) is 33.5 Å². The highest BCUT2D eigenvalue weighted by atomic mass is 19.4. The summed E-state index contributed by atoms with van der Waals surface area (Å²) in [5.41, 5.74) is -2.11. The average molecular weight is 549 g/mol. The summed E-state index contributed by atoms with van der Waals surface area (Å²) in [7, 11) is 0. The van der Waals surface area contributed by atoms with E-state index < -0.39 is 22.8 Å². The van der Waals surface area contributed by atoms with Gasteiger partial charge in [0.05, 0.1) is 0 Å². The molecule has 9 heteroatoms. The number of fused-ring (bicyclic) bond motifs is 3. The van der Waals surface area contributed by atoms with Crippen LogP contribution >= 0.6 is 0 Å². The van der Waals surface area contributed by atoms with Crippen LogP contribution in [0.2, 0.25) is 0 Å². The zero-order chi connectivity index (χ0) is 28.2. The topological polar surface area (TPSA) is 40.6 Å². The molecule has 0 bridgehead atoms. The van der Waals surface area contributed by atoms with Gasteiger partial charge in [0.15, 0.2) is 0 Å². The minimum Gasteiger partial charge on any atom is -0.343 e. The Labute approximate surface area is 225 Å². The Balaban J connectivity index is 1.47. The maximum absolute atomic E-state index is 14.8. The Morgan fingerprint density at radius 1 is 1.03 bits per heavy atom. The van der Waals surface area contributed by atoms with Crippen LogP contribution < -0.4 is 0 Å². The van der Waals surface area contributed by atoms with E-state index in [2.05, 4.69) is 0 Å². The van der Waals surface area contributed by atoms with Crippen molar-refractivity contribution in [3.8, 4) is 0 Å². The van der Waals surface area contributed by atoms with Crippen LogP contribution in [0, 0.1) is 11.7 Å². The van der Waals surface area contributed by atoms with Crippen LogP contribution in [0.15, 0.2) is 42.5 Å². The molecule has 0 radical (unpaired) electrons. The predicted molar refractivity (Wildman–Crippen MR) is 136 cm³/mol. The van der Waals surface area contributed by atoms with Crippen LogP contribution in [0.1, 0.15) is 61.8 Å². The first kappa shape index (κ1) is 27.6. The predicted octanol–water partition coefficient (Wildman–Crippen LogP) is 5.86. The minimum atomic E-state index is -5.04. The van der Waals surface area contributed by atoms with Gasteiger partial charge in [0.2, 0.25) is 17.5 Å². The lowest BCUT2D eigenvalue weighted by atomic mass is 9.63. The molecule has 0 spiro atoms. The molecule has 2 aromatic carbocycles. The summed E-state index contributed by atoms with van der Waals surface area (Å²) in [6, 6.07) is 10.1. The maximum atomic E-state index is 14.8. The van der Waals surface area contributed by atoms with Crippen molar-refractivity contribution in [3.05, 3.63) is 70.5 Å². The number of nitrogens with zero attached hydrogens (tertiary/aromatic N) is 2. The van der Waals surface area contributed by atoms with Crippen LogP contribution in [0.25, 0.3) is 0 Å². The standard InChI is InChI=1S/C30H33F5N2O2/c1-19(38)36-13-11-21(18-36)15-27(39)37-14-12-29(17-20-3-7-24(31)8-4-20)25-9-6-23(28(2,32)30(33,34)35)16-22(25)5-10-26(29)37/h3-4,6-9,16,21,26H,5,10-15,17-18H2,1-2H3/t21-,26-,28?,29-/m1/s1. The molecule has 2 amide bonds. The number of halogens is 5. The number of aryl methyl sites for hydroxylation is 1. The number of carbonyl (C=O) groups is 2. The molecule has 1 unspecified atom stereocenters. The zero-order valence-corrected chi connectivity index (χ0v) is 22.2. The van der Waals surface area contributed by atoms with E-state index in [1.165, 1.54) is 31.2 Å². The Bertz CT molecular complexity index is 1260. The number of likely N-dealkylation sites (tertiary alicyclic amines) is 2. The molecule has 0 saturated carbocycles. The smallest absolute Gasteiger partial charge is 0.343 e. The molecule has 2 aromatic rings. The van der Waals surface area contributed by atoms with E-state index in [4.69, 9.17) is 0 Å². The summed E-state index contributed by atoms with van der Waals surface area (Å²) in [5.74, 6) is -0.251. The highest BCUT2D eigenvalue weighted by molar-refractivity contribution is 5.78. The average Bonchev–Trinajstić information content (AvgIpc) is 3.49. The first-order chi connectivity index (χ1) is 18.3. The summed E-state index contributed by atoms with van der Waals surface area (Å²) >= 11 is 0. The summed E-state index contributed by atoms with van der Waals surface area (Å²) in [5, 5.41) is 0. The van der Waals surface area contributed by atoms with Crippen molar-refractivity contribution in [2.45, 2.75) is 75.7 Å². The lowest BCUT2D eigenvalue weighted by Crippen LogP contribution is -2.49. The number of amides is 2. The summed E-state index contributed by atoms with van der Waals surface area (Å²) < 4.78 is 68.9. The molecule has 0 aromatic heterocycles. The van der Waals surface area contributed by atoms with Crippen molar-refractivity contribution >= 4 is 11.8 Å². The fourth-order valence-electron chi connectivity index (χ4n) is 6.94. The number of carbonyl (C=O) groups excluding carboxylic acids is 2. The van der Waals surface area contributed by atoms with Crippen molar-refractivity contribution < 1.29 is 31.5 Å². The van der Waals surface area contributed by atoms with E-state index in [0.29, 0.717) is 64.2 Å². The van der Waals surface area contributed by atoms with Gasteiger partial charge in [0, 0.05) is 44.4 Å². The quantitative estimate of drug-likeness (QED) is 0.440. The first-order valence-electron chi connectivity index (χ1n) is 13.5. The third-order valence-corrected chi connectivity index (χ3v) is 9.16. The van der Waals surface area contributed by atoms with Gasteiger partial charge in [-0.2, -0.15) is 13.2 Å². The van der Waals surface area contributed by atoms with Crippen LogP contribution in [0.5, 0.6) is 0 Å². The lowest BCUT2D eigenvalue weighted by molar-refractivity contribution is -0.228. The summed E-state index contributed by atoms with van der Waals surface area (Å²) in [6.45, 7) is 3.78. The number of alkyl halides is 4. The molecule has 2 heterocycles. The molecule has 210 valence electrons. The molecular formula is C30H33F5N2O2. The van der Waals surface area contributed by atoms with E-state index in [9.17, 15) is 31.5 Å². The van der Waals surface area contributed by atoms with Crippen molar-refractivity contribution in [2.75, 3.05) is 19.6 Å². The Morgan fingerprint density at radius 2 is 1.74 bits per heavy atom. The van der Waals surface area contributed by atoms with Crippen molar-refractivity contribution in [3.63, 3.8) is 0 Å². The van der Waals surface area contributed by atoms with Crippen molar-refractivity contribution in [1.29, 1.82) is 0 Å². The first-order valence-corrected chi connectivity index (χ1v) is 13.5. The lowest BCUT2D eigenvalue weighted by Gasteiger charge is -2.44. The fraction of sp³-hybridized carbons (Fsp3) is 0.533. The number of hydrogen-bond acceptors (Lipinski definition) is 2. The van der Waals surface area contributed by atoms with Crippen LogP contribution in [-0.4, -0.2) is 53.5 Å². The molecule has 0 N–H and O–H groups in total. The molecule has 2 fully saturated rings. The van der Waals surface area contributed by atoms with Gasteiger partial charge in [0.25, 0.3) is 0 Å². The third kappa shape index (κ3) is 4.93. The Morgan fingerprint density at radius 3 is 2.38 bits per heavy atom. The van der Waals surface area contributed by atoms with Gasteiger partial charge in [-0.25, -0.2) is 8.78 Å². The molecule has 39 heavy (non-hydrogen) atoms. The zero-order valence-electron chi connectivity index (χ0n) is 22.2. The highest BCUT2D eigenvalue weighted by Gasteiger charge is 2.55. The van der Waals surface area contributed by atoms with Gasteiger partial charge >= 0.3 is 6.18 Å². The molecule has 1 aliphatic carbocycles. The largest absolute Gasteiger partial charge is 0.426 e. The van der Waals surface area contributed by atoms with Crippen molar-refractivity contribution in [1.82, 2.24) is 9.80 Å². The SMILES string of the molecule is CC(=O)N1CC[C@H](CC(=O)N2CC[C@@]3(Cc4ccc(F)cc4)c4ccc(C(C)(F)C(F)(F)F)cc4CC[C@@H]23)C1. The molecule has 4 atom stereocenters. The van der Waals surface area contributed by atoms with Gasteiger partial charge in [-0.3, -0.25) is 9.59 Å². The van der Waals surface area contributed by atoms with E-state index >= 15 is 0 Å². The monoisotopic (exact) mass is 548 g/mol. The fourth-order valence-corrected chi connectivity index (χ4v) is 6.94. The molecule has 5 rings (SSSR count). The van der Waals surface area contributed by atoms with Gasteiger partial charge in [0.1, 0.15) is 5.82 Å². The van der Waals surface area contributed by atoms with Gasteiger partial charge < -0.3 is 9.80 Å². The second-order valence-corrected chi connectivity index (χ2v) is 11.5. The normalized spacial score (nSPS) is 26.2. The van der Waals surface area contributed by atoms with E-state index in [1.807, 2.05) is 4.90 Å². The van der Waals surface area contributed by atoms with E-state index in [-0.39, 0.29) is 29.6 Å². The Hall–Kier alpha value is -2.97. The molecular weight excluding hydrogens is 515 g/mol. The summed E-state index contributed by atoms with van der Waals surface area (Å²) in [4.78, 5) is 29.0.